The van der Waals surface area contributed by atoms with Crippen LogP contribution in [0.1, 0.15) is 46.5 Å². The van der Waals surface area contributed by atoms with Crippen LogP contribution in [-0.4, -0.2) is 47.3 Å². The Morgan fingerprint density at radius 2 is 2.08 bits per heavy atom. The molecule has 0 fully saturated rings. The summed E-state index contributed by atoms with van der Waals surface area (Å²) in [4.78, 5) is 23.8. The Hall–Kier alpha value is -1.73. The first-order valence-electron chi connectivity index (χ1n) is 8.57. The highest BCUT2D eigenvalue weighted by Gasteiger charge is 2.32. The molecule has 0 saturated heterocycles. The molecule has 1 aliphatic rings. The Kier molecular flexibility index (Phi) is 8.25. The van der Waals surface area contributed by atoms with Gasteiger partial charge in [0.25, 0.3) is 0 Å². The van der Waals surface area contributed by atoms with Gasteiger partial charge in [0.1, 0.15) is 11.9 Å². The molecule has 0 aromatic carbocycles. The average Bonchev–Trinajstić information content (AvgIpc) is 2.58. The standard InChI is InChI=1S/C18H29FN2O4/c1-12(10-20-17(25)16(24)18(2,3)11-22)21-15(23)9-8-13-6-4-5-7-14(13)19/h4,6,12,16,22,24H,5,7-11H2,1-3H3,(H,20,25)(H,21,23)/t12-,16+/m1/s1. The summed E-state index contributed by atoms with van der Waals surface area (Å²) in [6, 6.07) is -0.332. The number of halogens is 1. The van der Waals surface area contributed by atoms with Crippen molar-refractivity contribution in [1.82, 2.24) is 10.6 Å². The van der Waals surface area contributed by atoms with Gasteiger partial charge in [-0.3, -0.25) is 9.59 Å². The monoisotopic (exact) mass is 356 g/mol. The Morgan fingerprint density at radius 3 is 2.68 bits per heavy atom. The summed E-state index contributed by atoms with van der Waals surface area (Å²) in [6.45, 7) is 4.71. The molecule has 0 bridgehead atoms. The van der Waals surface area contributed by atoms with Gasteiger partial charge in [-0.05, 0) is 25.3 Å². The number of allylic oxidation sites excluding steroid dienone is 4. The van der Waals surface area contributed by atoms with E-state index in [2.05, 4.69) is 10.6 Å². The van der Waals surface area contributed by atoms with Crippen LogP contribution in [0.25, 0.3) is 0 Å². The highest BCUT2D eigenvalue weighted by atomic mass is 19.1. The zero-order chi connectivity index (χ0) is 19.0. The smallest absolute Gasteiger partial charge is 0.249 e. The van der Waals surface area contributed by atoms with Crippen LogP contribution in [0.2, 0.25) is 0 Å². The van der Waals surface area contributed by atoms with Crippen molar-refractivity contribution in [2.45, 2.75) is 58.6 Å². The van der Waals surface area contributed by atoms with E-state index >= 15 is 0 Å². The lowest BCUT2D eigenvalue weighted by Gasteiger charge is -2.27. The number of aliphatic hydroxyl groups excluding tert-OH is 2. The minimum atomic E-state index is -1.34. The second kappa shape index (κ2) is 9.68. The summed E-state index contributed by atoms with van der Waals surface area (Å²) in [5.41, 5.74) is -0.376. The van der Waals surface area contributed by atoms with E-state index in [4.69, 9.17) is 5.11 Å². The van der Waals surface area contributed by atoms with Crippen molar-refractivity contribution < 1.29 is 24.2 Å². The second-order valence-electron chi connectivity index (χ2n) is 7.13. The number of rotatable bonds is 9. The van der Waals surface area contributed by atoms with Gasteiger partial charge in [-0.1, -0.05) is 26.0 Å². The van der Waals surface area contributed by atoms with E-state index in [-0.39, 0.29) is 37.3 Å². The number of aliphatic hydroxyl groups is 2. The van der Waals surface area contributed by atoms with Crippen LogP contribution in [-0.2, 0) is 9.59 Å². The molecule has 4 N–H and O–H groups in total. The predicted molar refractivity (Wildman–Crippen MR) is 93.2 cm³/mol. The molecule has 0 saturated carbocycles. The summed E-state index contributed by atoms with van der Waals surface area (Å²) < 4.78 is 13.6. The molecule has 25 heavy (non-hydrogen) atoms. The van der Waals surface area contributed by atoms with E-state index in [1.54, 1.807) is 26.8 Å². The van der Waals surface area contributed by atoms with Gasteiger partial charge in [-0.25, -0.2) is 4.39 Å². The lowest BCUT2D eigenvalue weighted by Crippen LogP contribution is -2.49. The Balaban J connectivity index is 2.34. The Labute approximate surface area is 148 Å². The third-order valence-corrected chi connectivity index (χ3v) is 4.21. The summed E-state index contributed by atoms with van der Waals surface area (Å²) in [5, 5.41) is 24.3. The molecule has 0 aromatic rings. The molecule has 0 unspecified atom stereocenters. The molecule has 1 aliphatic carbocycles. The lowest BCUT2D eigenvalue weighted by molar-refractivity contribution is -0.137. The number of carbonyl (C=O) groups is 2. The topological polar surface area (TPSA) is 98.7 Å². The number of hydrogen-bond donors (Lipinski definition) is 4. The Morgan fingerprint density at radius 1 is 1.40 bits per heavy atom. The van der Waals surface area contributed by atoms with Crippen LogP contribution in [0.5, 0.6) is 0 Å². The molecule has 0 spiro atoms. The maximum Gasteiger partial charge on any atom is 0.249 e. The number of carbonyl (C=O) groups excluding carboxylic acids is 2. The first-order valence-corrected chi connectivity index (χ1v) is 8.57. The van der Waals surface area contributed by atoms with E-state index in [0.29, 0.717) is 24.8 Å². The third-order valence-electron chi connectivity index (χ3n) is 4.21. The van der Waals surface area contributed by atoms with Crippen LogP contribution in [0, 0.1) is 5.41 Å². The summed E-state index contributed by atoms with van der Waals surface area (Å²) >= 11 is 0. The number of hydrogen-bond acceptors (Lipinski definition) is 4. The zero-order valence-corrected chi connectivity index (χ0v) is 15.1. The van der Waals surface area contributed by atoms with Gasteiger partial charge in [0, 0.05) is 30.8 Å². The van der Waals surface area contributed by atoms with Crippen molar-refractivity contribution in [1.29, 1.82) is 0 Å². The predicted octanol–water partition coefficient (Wildman–Crippen LogP) is 1.34. The molecule has 142 valence electrons. The summed E-state index contributed by atoms with van der Waals surface area (Å²) in [6.07, 6.45) is 3.88. The van der Waals surface area contributed by atoms with Crippen LogP contribution < -0.4 is 10.6 Å². The zero-order valence-electron chi connectivity index (χ0n) is 15.1. The van der Waals surface area contributed by atoms with E-state index in [9.17, 15) is 19.1 Å². The largest absolute Gasteiger partial charge is 0.396 e. The average molecular weight is 356 g/mol. The maximum absolute atomic E-state index is 13.6. The van der Waals surface area contributed by atoms with Crippen LogP contribution in [0.15, 0.2) is 23.6 Å². The van der Waals surface area contributed by atoms with Gasteiger partial charge in [-0.2, -0.15) is 0 Å². The molecular weight excluding hydrogens is 327 g/mol. The van der Waals surface area contributed by atoms with Gasteiger partial charge >= 0.3 is 0 Å². The van der Waals surface area contributed by atoms with Crippen molar-refractivity contribution >= 4 is 11.8 Å². The number of amides is 2. The highest BCUT2D eigenvalue weighted by Crippen LogP contribution is 2.23. The van der Waals surface area contributed by atoms with Crippen molar-refractivity contribution in [3.63, 3.8) is 0 Å². The maximum atomic E-state index is 13.6. The van der Waals surface area contributed by atoms with Gasteiger partial charge in [0.15, 0.2) is 0 Å². The number of nitrogens with one attached hydrogen (secondary N) is 2. The molecule has 2 atom stereocenters. The molecule has 7 heteroatoms. The van der Waals surface area contributed by atoms with Gasteiger partial charge in [0.2, 0.25) is 11.8 Å². The first-order chi connectivity index (χ1) is 11.7. The lowest BCUT2D eigenvalue weighted by atomic mass is 9.87. The SMILES string of the molecule is C[C@H](CNC(=O)[C@H](O)C(C)(C)CO)NC(=O)CCC1=C(F)CCC=C1. The molecule has 2 amide bonds. The quantitative estimate of drug-likeness (QED) is 0.501. The van der Waals surface area contributed by atoms with Gasteiger partial charge in [0.05, 0.1) is 6.61 Å². The molecular formula is C18H29FN2O4. The minimum Gasteiger partial charge on any atom is -0.396 e. The molecule has 0 aromatic heterocycles. The third kappa shape index (κ3) is 6.96. The second-order valence-corrected chi connectivity index (χ2v) is 7.13. The van der Waals surface area contributed by atoms with E-state index < -0.39 is 17.4 Å². The summed E-state index contributed by atoms with van der Waals surface area (Å²) in [5.74, 6) is -0.979. The fraction of sp³-hybridized carbons (Fsp3) is 0.667. The van der Waals surface area contributed by atoms with Gasteiger partial charge < -0.3 is 20.8 Å². The molecule has 0 radical (unpaired) electrons. The van der Waals surface area contributed by atoms with Gasteiger partial charge in [-0.15, -0.1) is 0 Å². The molecule has 0 aliphatic heterocycles. The summed E-state index contributed by atoms with van der Waals surface area (Å²) in [7, 11) is 0. The van der Waals surface area contributed by atoms with Crippen LogP contribution in [0.3, 0.4) is 0 Å². The molecule has 1 rings (SSSR count). The van der Waals surface area contributed by atoms with E-state index in [0.717, 1.165) is 0 Å². The van der Waals surface area contributed by atoms with E-state index in [1.165, 1.54) is 0 Å². The van der Waals surface area contributed by atoms with E-state index in [1.807, 2.05) is 6.08 Å². The Bertz CT molecular complexity index is 543. The van der Waals surface area contributed by atoms with Crippen molar-refractivity contribution in [3.8, 4) is 0 Å². The van der Waals surface area contributed by atoms with Crippen LogP contribution >= 0.6 is 0 Å². The highest BCUT2D eigenvalue weighted by molar-refractivity contribution is 5.81. The fourth-order valence-electron chi connectivity index (χ4n) is 2.34. The first kappa shape index (κ1) is 21.3. The molecule has 0 heterocycles. The minimum absolute atomic E-state index is 0.153. The fourth-order valence-corrected chi connectivity index (χ4v) is 2.34. The van der Waals surface area contributed by atoms with Crippen molar-refractivity contribution in [2.24, 2.45) is 5.41 Å². The van der Waals surface area contributed by atoms with Crippen molar-refractivity contribution in [2.75, 3.05) is 13.2 Å². The van der Waals surface area contributed by atoms with Crippen molar-refractivity contribution in [3.05, 3.63) is 23.6 Å². The van der Waals surface area contributed by atoms with Crippen LogP contribution in [0.4, 0.5) is 4.39 Å². The molecule has 6 nitrogen and oxygen atoms in total. The normalized spacial score (nSPS) is 17.2.